The number of aliphatic hydroxyl groups excluding tert-OH is 1. The molecule has 2 unspecified atom stereocenters. The van der Waals surface area contributed by atoms with E-state index in [0.29, 0.717) is 6.10 Å². The van der Waals surface area contributed by atoms with Gasteiger partial charge in [0.25, 0.3) is 0 Å². The lowest BCUT2D eigenvalue weighted by atomic mass is 9.81. The number of aliphatic hydroxyl groups is 1. The first-order valence-electron chi connectivity index (χ1n) is 6.27. The second-order valence-corrected chi connectivity index (χ2v) is 5.04. The van der Waals surface area contributed by atoms with Crippen molar-refractivity contribution in [3.8, 4) is 0 Å². The molecule has 2 rings (SSSR count). The van der Waals surface area contributed by atoms with E-state index in [2.05, 4.69) is 5.32 Å². The molecule has 0 aromatic rings. The van der Waals surface area contributed by atoms with Gasteiger partial charge in [0.05, 0.1) is 18.3 Å². The van der Waals surface area contributed by atoms with Crippen LogP contribution in [0.2, 0.25) is 0 Å². The van der Waals surface area contributed by atoms with Crippen molar-refractivity contribution < 1.29 is 9.84 Å². The third-order valence-corrected chi connectivity index (χ3v) is 3.72. The fourth-order valence-electron chi connectivity index (χ4n) is 2.72. The van der Waals surface area contributed by atoms with E-state index in [1.165, 1.54) is 19.3 Å². The summed E-state index contributed by atoms with van der Waals surface area (Å²) in [4.78, 5) is 0. The van der Waals surface area contributed by atoms with E-state index >= 15 is 0 Å². The molecule has 0 aromatic heterocycles. The Hall–Kier alpha value is -0.120. The molecule has 2 aliphatic carbocycles. The van der Waals surface area contributed by atoms with E-state index in [4.69, 9.17) is 4.74 Å². The van der Waals surface area contributed by atoms with Gasteiger partial charge in [-0.05, 0) is 45.2 Å². The van der Waals surface area contributed by atoms with Gasteiger partial charge in [-0.15, -0.1) is 0 Å². The molecule has 0 spiro atoms. The minimum absolute atomic E-state index is 0.124. The summed E-state index contributed by atoms with van der Waals surface area (Å²) in [5, 5.41) is 13.0. The molecule has 15 heavy (non-hydrogen) atoms. The van der Waals surface area contributed by atoms with E-state index < -0.39 is 0 Å². The molecule has 3 heteroatoms. The van der Waals surface area contributed by atoms with Crippen molar-refractivity contribution in [1.29, 1.82) is 0 Å². The largest absolute Gasteiger partial charge is 0.390 e. The van der Waals surface area contributed by atoms with Crippen LogP contribution >= 0.6 is 0 Å². The van der Waals surface area contributed by atoms with E-state index in [-0.39, 0.29) is 12.2 Å². The molecule has 0 saturated heterocycles. The topological polar surface area (TPSA) is 41.5 Å². The van der Waals surface area contributed by atoms with Gasteiger partial charge >= 0.3 is 0 Å². The maximum Gasteiger partial charge on any atom is 0.0837 e. The Morgan fingerprint density at radius 1 is 1.27 bits per heavy atom. The van der Waals surface area contributed by atoms with Crippen LogP contribution < -0.4 is 5.32 Å². The molecule has 2 atom stereocenters. The highest BCUT2D eigenvalue weighted by atomic mass is 16.5. The first kappa shape index (κ1) is 11.4. The molecule has 0 aromatic carbocycles. The van der Waals surface area contributed by atoms with Gasteiger partial charge in [-0.2, -0.15) is 0 Å². The fraction of sp³-hybridized carbons (Fsp3) is 1.00. The molecule has 88 valence electrons. The number of ether oxygens (including phenoxy) is 1. The lowest BCUT2D eigenvalue weighted by Gasteiger charge is -2.39. The van der Waals surface area contributed by atoms with Crippen LogP contribution in [0.5, 0.6) is 0 Å². The monoisotopic (exact) mass is 213 g/mol. The Kier molecular flexibility index (Phi) is 4.00. The normalized spacial score (nSPS) is 41.2. The zero-order chi connectivity index (χ0) is 10.7. The first-order chi connectivity index (χ1) is 7.29. The van der Waals surface area contributed by atoms with Crippen LogP contribution in [0.1, 0.15) is 38.5 Å². The third kappa shape index (κ3) is 2.92. The van der Waals surface area contributed by atoms with Gasteiger partial charge in [0, 0.05) is 0 Å². The highest BCUT2D eigenvalue weighted by molar-refractivity contribution is 4.84. The second kappa shape index (κ2) is 5.28. The summed E-state index contributed by atoms with van der Waals surface area (Å²) in [6.07, 6.45) is 7.03. The van der Waals surface area contributed by atoms with Crippen molar-refractivity contribution in [3.05, 3.63) is 0 Å². The molecule has 2 aliphatic rings. The molecule has 0 bridgehead atoms. The molecule has 2 N–H and O–H groups in total. The summed E-state index contributed by atoms with van der Waals surface area (Å²) in [7, 11) is 2.00. The maximum absolute atomic E-state index is 9.77. The molecule has 0 amide bonds. The number of nitrogens with one attached hydrogen (secondary N) is 1. The quantitative estimate of drug-likeness (QED) is 0.739. The van der Waals surface area contributed by atoms with E-state index in [1.54, 1.807) is 0 Å². The zero-order valence-corrected chi connectivity index (χ0v) is 9.61. The van der Waals surface area contributed by atoms with E-state index in [0.717, 1.165) is 31.7 Å². The molecule has 0 heterocycles. The van der Waals surface area contributed by atoms with Gasteiger partial charge in [0.1, 0.15) is 0 Å². The van der Waals surface area contributed by atoms with Crippen molar-refractivity contribution in [3.63, 3.8) is 0 Å². The zero-order valence-electron chi connectivity index (χ0n) is 9.61. The van der Waals surface area contributed by atoms with Gasteiger partial charge < -0.3 is 15.2 Å². The van der Waals surface area contributed by atoms with Gasteiger partial charge in [0.15, 0.2) is 0 Å². The van der Waals surface area contributed by atoms with Gasteiger partial charge in [0.2, 0.25) is 0 Å². The molecule has 0 radical (unpaired) electrons. The van der Waals surface area contributed by atoms with Crippen LogP contribution in [-0.2, 0) is 4.74 Å². The highest BCUT2D eigenvalue weighted by Crippen LogP contribution is 2.33. The van der Waals surface area contributed by atoms with Crippen molar-refractivity contribution in [2.75, 3.05) is 13.6 Å². The Morgan fingerprint density at radius 2 is 2.00 bits per heavy atom. The predicted octanol–water partition coefficient (Wildman–Crippen LogP) is 1.30. The Labute approximate surface area is 92.2 Å². The third-order valence-electron chi connectivity index (χ3n) is 3.72. The van der Waals surface area contributed by atoms with Crippen LogP contribution in [-0.4, -0.2) is 37.0 Å². The lowest BCUT2D eigenvalue weighted by Crippen LogP contribution is -2.42. The van der Waals surface area contributed by atoms with Crippen molar-refractivity contribution in [2.45, 2.75) is 56.8 Å². The molecular formula is C12H23NO2. The second-order valence-electron chi connectivity index (χ2n) is 5.04. The van der Waals surface area contributed by atoms with Gasteiger partial charge in [-0.1, -0.05) is 12.8 Å². The summed E-state index contributed by atoms with van der Waals surface area (Å²) >= 11 is 0. The van der Waals surface area contributed by atoms with Crippen molar-refractivity contribution in [1.82, 2.24) is 5.32 Å². The fourth-order valence-corrected chi connectivity index (χ4v) is 2.72. The summed E-state index contributed by atoms with van der Waals surface area (Å²) in [6, 6.07) is 0. The van der Waals surface area contributed by atoms with Crippen LogP contribution in [0, 0.1) is 5.92 Å². The van der Waals surface area contributed by atoms with Gasteiger partial charge in [-0.25, -0.2) is 0 Å². The average molecular weight is 213 g/mol. The summed E-state index contributed by atoms with van der Waals surface area (Å²) in [5.41, 5.74) is 0. The van der Waals surface area contributed by atoms with Gasteiger partial charge in [-0.3, -0.25) is 0 Å². The van der Waals surface area contributed by atoms with Crippen LogP contribution in [0.15, 0.2) is 0 Å². The molecule has 2 fully saturated rings. The standard InChI is InChI=1S/C12H23NO2/c1-13-8-9-6-10(7-9)15-12-5-3-2-4-11(12)14/h9-14H,2-8H2,1H3. The van der Waals surface area contributed by atoms with Crippen molar-refractivity contribution in [2.24, 2.45) is 5.92 Å². The van der Waals surface area contributed by atoms with Crippen molar-refractivity contribution >= 4 is 0 Å². The summed E-state index contributed by atoms with van der Waals surface area (Å²) in [5.74, 6) is 0.792. The Balaban J connectivity index is 1.65. The van der Waals surface area contributed by atoms with Crippen LogP contribution in [0.25, 0.3) is 0 Å². The first-order valence-corrected chi connectivity index (χ1v) is 6.27. The Morgan fingerprint density at radius 3 is 2.67 bits per heavy atom. The molecule has 0 aliphatic heterocycles. The maximum atomic E-state index is 9.77. The molecule has 3 nitrogen and oxygen atoms in total. The summed E-state index contributed by atoms with van der Waals surface area (Å²) in [6.45, 7) is 1.10. The molecule has 2 saturated carbocycles. The lowest BCUT2D eigenvalue weighted by molar-refractivity contribution is -0.129. The Bertz CT molecular complexity index is 192. The average Bonchev–Trinajstić information content (AvgIpc) is 2.18. The predicted molar refractivity (Wildman–Crippen MR) is 59.8 cm³/mol. The van der Waals surface area contributed by atoms with E-state index in [1.807, 2.05) is 7.05 Å². The summed E-state index contributed by atoms with van der Waals surface area (Å²) < 4.78 is 5.94. The van der Waals surface area contributed by atoms with Crippen LogP contribution in [0.4, 0.5) is 0 Å². The number of hydrogen-bond acceptors (Lipinski definition) is 3. The number of hydrogen-bond donors (Lipinski definition) is 2. The highest BCUT2D eigenvalue weighted by Gasteiger charge is 2.33. The smallest absolute Gasteiger partial charge is 0.0837 e. The van der Waals surface area contributed by atoms with Crippen LogP contribution in [0.3, 0.4) is 0 Å². The molecular weight excluding hydrogens is 190 g/mol. The van der Waals surface area contributed by atoms with E-state index in [9.17, 15) is 5.11 Å². The minimum atomic E-state index is -0.206. The SMILES string of the molecule is CNCC1CC(OC2CCCCC2O)C1. The number of rotatable bonds is 4. The minimum Gasteiger partial charge on any atom is -0.390 e.